The van der Waals surface area contributed by atoms with E-state index in [-0.39, 0.29) is 23.6 Å². The highest BCUT2D eigenvalue weighted by molar-refractivity contribution is 7.13. The van der Waals surface area contributed by atoms with Crippen LogP contribution in [-0.2, 0) is 4.79 Å². The van der Waals surface area contributed by atoms with Crippen LogP contribution >= 0.6 is 11.3 Å². The van der Waals surface area contributed by atoms with Gasteiger partial charge < -0.3 is 5.32 Å². The van der Waals surface area contributed by atoms with Gasteiger partial charge in [0.2, 0.25) is 5.91 Å². The van der Waals surface area contributed by atoms with E-state index in [1.807, 2.05) is 34.5 Å². The molecule has 1 N–H and O–H groups in total. The van der Waals surface area contributed by atoms with Crippen LogP contribution < -0.4 is 5.32 Å². The smallest absolute Gasteiger partial charge is 0.230 e. The summed E-state index contributed by atoms with van der Waals surface area (Å²) in [7, 11) is 0. The summed E-state index contributed by atoms with van der Waals surface area (Å²) in [6, 6.07) is 23.0. The molecule has 5 aromatic rings. The van der Waals surface area contributed by atoms with E-state index in [1.54, 1.807) is 18.3 Å². The van der Waals surface area contributed by atoms with E-state index in [4.69, 9.17) is 0 Å². The maximum absolute atomic E-state index is 13.9. The van der Waals surface area contributed by atoms with Gasteiger partial charge in [-0.25, -0.2) is 14.1 Å². The fourth-order valence-corrected chi connectivity index (χ4v) is 6.26. The number of carbonyl (C=O) groups excluding carboxylic acids is 1. The lowest BCUT2D eigenvalue weighted by atomic mass is 9.73. The van der Waals surface area contributed by atoms with Crippen LogP contribution in [0.2, 0.25) is 0 Å². The third-order valence-electron chi connectivity index (χ3n) is 7.41. The molecule has 2 atom stereocenters. The highest BCUT2D eigenvalue weighted by Crippen LogP contribution is 2.44. The van der Waals surface area contributed by atoms with Crippen molar-refractivity contribution in [3.8, 4) is 5.69 Å². The first kappa shape index (κ1) is 23.6. The maximum atomic E-state index is 13.9. The summed E-state index contributed by atoms with van der Waals surface area (Å²) in [5, 5.41) is 11.2. The van der Waals surface area contributed by atoms with Gasteiger partial charge in [0, 0.05) is 22.9 Å². The monoisotopic (exact) mass is 510 g/mol. The van der Waals surface area contributed by atoms with Gasteiger partial charge in [0.15, 0.2) is 5.13 Å². The van der Waals surface area contributed by atoms with E-state index in [0.717, 1.165) is 53.4 Å². The highest BCUT2D eigenvalue weighted by Gasteiger charge is 2.39. The van der Waals surface area contributed by atoms with E-state index < -0.39 is 0 Å². The van der Waals surface area contributed by atoms with Crippen molar-refractivity contribution in [2.24, 2.45) is 11.8 Å². The van der Waals surface area contributed by atoms with Gasteiger partial charge in [-0.2, -0.15) is 5.10 Å². The van der Waals surface area contributed by atoms with Crippen molar-refractivity contribution in [2.45, 2.75) is 31.6 Å². The van der Waals surface area contributed by atoms with Crippen LogP contribution in [-0.4, -0.2) is 20.7 Å². The van der Waals surface area contributed by atoms with E-state index in [2.05, 4.69) is 45.7 Å². The van der Waals surface area contributed by atoms with Gasteiger partial charge in [-0.1, -0.05) is 49.2 Å². The number of hydrogen-bond donors (Lipinski definition) is 1. The molecule has 7 heteroatoms. The Bertz CT molecular complexity index is 1490. The molecule has 1 aliphatic carbocycles. The number of rotatable bonds is 7. The van der Waals surface area contributed by atoms with Crippen molar-refractivity contribution in [3.63, 3.8) is 0 Å². The Morgan fingerprint density at radius 1 is 1.00 bits per heavy atom. The first-order valence-electron chi connectivity index (χ1n) is 12.7. The average Bonchev–Trinajstić information content (AvgIpc) is 3.70. The summed E-state index contributed by atoms with van der Waals surface area (Å²) >= 11 is 1.44. The summed E-state index contributed by atoms with van der Waals surface area (Å²) in [5.74, 6) is -0.288. The summed E-state index contributed by atoms with van der Waals surface area (Å²) in [6.45, 7) is 0. The number of nitrogens with zero attached hydrogens (tertiary/aromatic N) is 3. The predicted molar refractivity (Wildman–Crippen MR) is 146 cm³/mol. The fraction of sp³-hybridized carbons (Fsp3) is 0.233. The Hall–Kier alpha value is -3.84. The number of thiazole rings is 1. The third kappa shape index (κ3) is 4.79. The zero-order valence-corrected chi connectivity index (χ0v) is 21.1. The second-order valence-electron chi connectivity index (χ2n) is 9.64. The van der Waals surface area contributed by atoms with Gasteiger partial charge in [-0.05, 0) is 66.3 Å². The molecular weight excluding hydrogens is 483 g/mol. The summed E-state index contributed by atoms with van der Waals surface area (Å²) < 4.78 is 15.3. The van der Waals surface area contributed by atoms with Gasteiger partial charge in [0.05, 0.1) is 23.3 Å². The Kier molecular flexibility index (Phi) is 6.53. The van der Waals surface area contributed by atoms with Gasteiger partial charge in [-0.15, -0.1) is 11.3 Å². The van der Waals surface area contributed by atoms with Crippen LogP contribution in [0.4, 0.5) is 9.52 Å². The van der Waals surface area contributed by atoms with E-state index >= 15 is 0 Å². The minimum absolute atomic E-state index is 0.0257. The van der Waals surface area contributed by atoms with Crippen LogP contribution in [0.1, 0.15) is 42.7 Å². The number of aromatic nitrogens is 3. The van der Waals surface area contributed by atoms with Crippen molar-refractivity contribution < 1.29 is 9.18 Å². The first-order valence-corrected chi connectivity index (χ1v) is 13.5. The summed E-state index contributed by atoms with van der Waals surface area (Å²) in [6.07, 6.45) is 7.94. The molecule has 0 spiro atoms. The van der Waals surface area contributed by atoms with Crippen molar-refractivity contribution in [2.75, 3.05) is 5.32 Å². The molecule has 6 rings (SSSR count). The molecule has 5 nitrogen and oxygen atoms in total. The lowest BCUT2D eigenvalue weighted by molar-refractivity contribution is -0.122. The van der Waals surface area contributed by atoms with Crippen molar-refractivity contribution in [3.05, 3.63) is 108 Å². The maximum Gasteiger partial charge on any atom is 0.230 e. The van der Waals surface area contributed by atoms with Crippen LogP contribution in [0, 0.1) is 17.7 Å². The molecule has 0 aliphatic heterocycles. The first-order chi connectivity index (χ1) is 18.2. The fourth-order valence-electron chi connectivity index (χ4n) is 5.73. The molecule has 1 aliphatic rings. The largest absolute Gasteiger partial charge is 0.302 e. The number of carbonyl (C=O) groups is 1. The van der Waals surface area contributed by atoms with E-state index in [9.17, 15) is 9.18 Å². The molecular formula is C30H27FN4OS. The van der Waals surface area contributed by atoms with Gasteiger partial charge in [0.1, 0.15) is 5.82 Å². The number of hydrogen-bond acceptors (Lipinski definition) is 4. The Morgan fingerprint density at radius 3 is 2.51 bits per heavy atom. The van der Waals surface area contributed by atoms with Crippen molar-refractivity contribution >= 4 is 33.3 Å². The quantitative estimate of drug-likeness (QED) is 0.252. The summed E-state index contributed by atoms with van der Waals surface area (Å²) in [4.78, 5) is 18.2. The average molecular weight is 511 g/mol. The number of halogens is 1. The molecule has 2 heterocycles. The minimum Gasteiger partial charge on any atom is -0.302 e. The molecule has 2 aromatic heterocycles. The highest BCUT2D eigenvalue weighted by atomic mass is 32.1. The Balaban J connectivity index is 1.44. The van der Waals surface area contributed by atoms with Gasteiger partial charge >= 0.3 is 0 Å². The number of amides is 1. The Morgan fingerprint density at radius 2 is 1.78 bits per heavy atom. The topological polar surface area (TPSA) is 59.8 Å². The van der Waals surface area contributed by atoms with Gasteiger partial charge in [-0.3, -0.25) is 4.79 Å². The molecule has 0 saturated heterocycles. The van der Waals surface area contributed by atoms with Crippen molar-refractivity contribution in [1.82, 2.24) is 14.8 Å². The van der Waals surface area contributed by atoms with Crippen molar-refractivity contribution in [1.29, 1.82) is 0 Å². The number of nitrogens with one attached hydrogen (secondary N) is 1. The van der Waals surface area contributed by atoms with E-state index in [1.165, 1.54) is 23.5 Å². The van der Waals surface area contributed by atoms with Gasteiger partial charge in [0.25, 0.3) is 0 Å². The minimum atomic E-state index is -0.276. The van der Waals surface area contributed by atoms with E-state index in [0.29, 0.717) is 11.0 Å². The SMILES string of the molecule is O=C(Nc1nccs1)C(C1CCCC1)C(c1ccccc1)c1ccc2c(cnn2-c2ccc(F)cc2)c1. The lowest BCUT2D eigenvalue weighted by Gasteiger charge is -2.31. The van der Waals surface area contributed by atoms with Crippen LogP contribution in [0.25, 0.3) is 16.6 Å². The van der Waals surface area contributed by atoms with Crippen LogP contribution in [0.3, 0.4) is 0 Å². The molecule has 3 aromatic carbocycles. The molecule has 1 amide bonds. The third-order valence-corrected chi connectivity index (χ3v) is 8.10. The zero-order chi connectivity index (χ0) is 25.2. The normalized spacial score (nSPS) is 15.6. The van der Waals surface area contributed by atoms with Crippen LogP contribution in [0.15, 0.2) is 90.6 Å². The summed E-state index contributed by atoms with van der Waals surface area (Å²) in [5.41, 5.74) is 3.95. The number of anilines is 1. The standard InChI is InChI=1S/C30H27FN4OS/c31-24-11-13-25(14-12-24)35-26-15-10-22(18-23(26)19-33-35)27(20-6-2-1-3-7-20)28(21-8-4-5-9-21)29(36)34-30-32-16-17-37-30/h1-3,6-7,10-19,21,27-28H,4-5,8-9H2,(H,32,34,36). The lowest BCUT2D eigenvalue weighted by Crippen LogP contribution is -2.34. The second-order valence-corrected chi connectivity index (χ2v) is 10.5. The number of fused-ring (bicyclic) bond motifs is 1. The molecule has 0 radical (unpaired) electrons. The van der Waals surface area contributed by atoms with Crippen LogP contribution in [0.5, 0.6) is 0 Å². The predicted octanol–water partition coefficient (Wildman–Crippen LogP) is 7.20. The molecule has 1 saturated carbocycles. The molecule has 37 heavy (non-hydrogen) atoms. The second kappa shape index (κ2) is 10.3. The Labute approximate surface area is 219 Å². The molecule has 1 fully saturated rings. The molecule has 186 valence electrons. The molecule has 0 bridgehead atoms. The molecule has 2 unspecified atom stereocenters. The number of benzene rings is 3. The zero-order valence-electron chi connectivity index (χ0n) is 20.3.